The van der Waals surface area contributed by atoms with Gasteiger partial charge in [-0.25, -0.2) is 4.18 Å². The van der Waals surface area contributed by atoms with Crippen LogP contribution in [0.5, 0.6) is 0 Å². The van der Waals surface area contributed by atoms with Crippen LogP contribution >= 0.6 is 0 Å². The standard InChI is InChI=1S/C24H34N2O3S/c1-4-6-7-8-9-12-19-26-23-14-11-10-13-22(23)25(5-2)24(26)29-30(27,28)21-17-15-20(3)16-18-21/h10-11,13-18,24H,4-9,12,19H2,1-3H3. The molecule has 0 saturated carbocycles. The van der Waals surface area contributed by atoms with Gasteiger partial charge in [0.1, 0.15) is 0 Å². The molecule has 1 aliphatic heterocycles. The molecule has 1 unspecified atom stereocenters. The molecule has 164 valence electrons. The van der Waals surface area contributed by atoms with Gasteiger partial charge in [-0.05, 0) is 44.5 Å². The van der Waals surface area contributed by atoms with Crippen LogP contribution in [0.4, 0.5) is 11.4 Å². The van der Waals surface area contributed by atoms with Crippen molar-refractivity contribution in [3.63, 3.8) is 0 Å². The van der Waals surface area contributed by atoms with E-state index in [4.69, 9.17) is 4.18 Å². The molecule has 5 nitrogen and oxygen atoms in total. The molecule has 2 aromatic carbocycles. The van der Waals surface area contributed by atoms with Gasteiger partial charge in [0.15, 0.2) is 0 Å². The molecule has 1 atom stereocenters. The number of nitrogens with zero attached hydrogens (tertiary/aromatic N) is 2. The van der Waals surface area contributed by atoms with Gasteiger partial charge in [-0.15, -0.1) is 0 Å². The van der Waals surface area contributed by atoms with E-state index in [1.807, 2.05) is 36.9 Å². The van der Waals surface area contributed by atoms with Gasteiger partial charge in [0.05, 0.1) is 16.3 Å². The van der Waals surface area contributed by atoms with Crippen molar-refractivity contribution >= 4 is 21.5 Å². The van der Waals surface area contributed by atoms with Crippen molar-refractivity contribution in [2.75, 3.05) is 22.9 Å². The van der Waals surface area contributed by atoms with E-state index < -0.39 is 16.5 Å². The molecule has 0 radical (unpaired) electrons. The first-order valence-electron chi connectivity index (χ1n) is 11.1. The van der Waals surface area contributed by atoms with Gasteiger partial charge in [0.25, 0.3) is 10.1 Å². The van der Waals surface area contributed by atoms with Gasteiger partial charge in [-0.2, -0.15) is 8.42 Å². The molecule has 0 saturated heterocycles. The predicted molar refractivity (Wildman–Crippen MR) is 123 cm³/mol. The van der Waals surface area contributed by atoms with Gasteiger partial charge in [-0.3, -0.25) is 0 Å². The second-order valence-electron chi connectivity index (χ2n) is 7.93. The zero-order chi connectivity index (χ0) is 21.6. The van der Waals surface area contributed by atoms with Gasteiger partial charge in [-0.1, -0.05) is 68.9 Å². The highest BCUT2D eigenvalue weighted by atomic mass is 32.2. The van der Waals surface area contributed by atoms with Crippen molar-refractivity contribution in [2.24, 2.45) is 0 Å². The summed E-state index contributed by atoms with van der Waals surface area (Å²) in [6, 6.07) is 14.9. The average Bonchev–Trinajstić information content (AvgIpc) is 3.02. The van der Waals surface area contributed by atoms with Crippen molar-refractivity contribution in [2.45, 2.75) is 70.5 Å². The minimum atomic E-state index is -3.88. The summed E-state index contributed by atoms with van der Waals surface area (Å²) < 4.78 is 31.9. The number of aryl methyl sites for hydroxylation is 1. The zero-order valence-corrected chi connectivity index (χ0v) is 19.2. The Balaban J connectivity index is 1.79. The quantitative estimate of drug-likeness (QED) is 0.338. The number of fused-ring (bicyclic) bond motifs is 1. The SMILES string of the molecule is CCCCCCCCN1c2ccccc2N(CC)C1OS(=O)(=O)c1ccc(C)cc1. The van der Waals surface area contributed by atoms with Crippen LogP contribution in [-0.2, 0) is 14.3 Å². The molecular weight excluding hydrogens is 396 g/mol. The van der Waals surface area contributed by atoms with Crippen LogP contribution in [0.1, 0.15) is 57.9 Å². The zero-order valence-electron chi connectivity index (χ0n) is 18.4. The number of benzene rings is 2. The molecule has 0 bridgehead atoms. The lowest BCUT2D eigenvalue weighted by molar-refractivity contribution is 0.205. The lowest BCUT2D eigenvalue weighted by Gasteiger charge is -2.31. The van der Waals surface area contributed by atoms with Gasteiger partial charge in [0, 0.05) is 13.1 Å². The molecule has 0 aliphatic carbocycles. The summed E-state index contributed by atoms with van der Waals surface area (Å²) in [5.41, 5.74) is 3.08. The summed E-state index contributed by atoms with van der Waals surface area (Å²) in [6.07, 6.45) is 6.48. The van der Waals surface area contributed by atoms with E-state index in [1.54, 1.807) is 24.3 Å². The van der Waals surface area contributed by atoms with Crippen molar-refractivity contribution in [1.82, 2.24) is 0 Å². The molecule has 1 aliphatic rings. The Morgan fingerprint density at radius 3 is 2.07 bits per heavy atom. The average molecular weight is 431 g/mol. The number of hydrogen-bond acceptors (Lipinski definition) is 5. The summed E-state index contributed by atoms with van der Waals surface area (Å²) >= 11 is 0. The van der Waals surface area contributed by atoms with E-state index in [-0.39, 0.29) is 4.90 Å². The normalized spacial score (nSPS) is 16.2. The van der Waals surface area contributed by atoms with E-state index in [0.29, 0.717) is 6.54 Å². The molecule has 3 rings (SSSR count). The van der Waals surface area contributed by atoms with Crippen LogP contribution in [0.3, 0.4) is 0 Å². The number of unbranched alkanes of at least 4 members (excludes halogenated alkanes) is 5. The van der Waals surface area contributed by atoms with Crippen LogP contribution in [0.25, 0.3) is 0 Å². The van der Waals surface area contributed by atoms with Crippen molar-refractivity contribution < 1.29 is 12.6 Å². The van der Waals surface area contributed by atoms with E-state index in [0.717, 1.165) is 36.3 Å². The molecule has 30 heavy (non-hydrogen) atoms. The van der Waals surface area contributed by atoms with Crippen molar-refractivity contribution in [1.29, 1.82) is 0 Å². The molecule has 0 amide bonds. The van der Waals surface area contributed by atoms with Gasteiger partial charge >= 0.3 is 0 Å². The first kappa shape index (κ1) is 22.6. The largest absolute Gasteiger partial charge is 0.326 e. The fourth-order valence-corrected chi connectivity index (χ4v) is 4.97. The maximum Gasteiger partial charge on any atom is 0.300 e. The minimum Gasteiger partial charge on any atom is -0.326 e. The Labute approximate surface area is 181 Å². The monoisotopic (exact) mass is 430 g/mol. The highest BCUT2D eigenvalue weighted by Gasteiger charge is 2.38. The molecular formula is C24H34N2O3S. The molecule has 0 spiro atoms. The van der Waals surface area contributed by atoms with Gasteiger partial charge < -0.3 is 9.80 Å². The Morgan fingerprint density at radius 1 is 0.833 bits per heavy atom. The Bertz CT molecular complexity index is 912. The van der Waals surface area contributed by atoms with Crippen LogP contribution < -0.4 is 9.80 Å². The van der Waals surface area contributed by atoms with Crippen LogP contribution in [0, 0.1) is 6.92 Å². The Morgan fingerprint density at radius 2 is 1.43 bits per heavy atom. The summed E-state index contributed by atoms with van der Waals surface area (Å²) in [5.74, 6) is 0. The predicted octanol–water partition coefficient (Wildman–Crippen LogP) is 5.69. The summed E-state index contributed by atoms with van der Waals surface area (Å²) in [7, 11) is -3.88. The third-order valence-corrected chi connectivity index (χ3v) is 6.92. The van der Waals surface area contributed by atoms with Crippen molar-refractivity contribution in [3.8, 4) is 0 Å². The molecule has 1 heterocycles. The lowest BCUT2D eigenvalue weighted by atomic mass is 10.1. The topological polar surface area (TPSA) is 49.9 Å². The Hall–Kier alpha value is -2.05. The lowest BCUT2D eigenvalue weighted by Crippen LogP contribution is -2.46. The van der Waals surface area contributed by atoms with E-state index in [9.17, 15) is 8.42 Å². The first-order chi connectivity index (χ1) is 14.5. The molecule has 2 aromatic rings. The summed E-state index contributed by atoms with van der Waals surface area (Å²) in [4.78, 5) is 4.32. The second kappa shape index (κ2) is 10.3. The highest BCUT2D eigenvalue weighted by molar-refractivity contribution is 7.86. The number of anilines is 2. The molecule has 0 fully saturated rings. The van der Waals surface area contributed by atoms with Crippen molar-refractivity contribution in [3.05, 3.63) is 54.1 Å². The number of rotatable bonds is 11. The molecule has 6 heteroatoms. The smallest absolute Gasteiger partial charge is 0.300 e. The van der Waals surface area contributed by atoms with E-state index in [2.05, 4.69) is 17.9 Å². The summed E-state index contributed by atoms with van der Waals surface area (Å²) in [6.45, 7) is 7.62. The highest BCUT2D eigenvalue weighted by Crippen LogP contribution is 2.40. The van der Waals surface area contributed by atoms with Crippen LogP contribution in [-0.4, -0.2) is 27.9 Å². The summed E-state index contributed by atoms with van der Waals surface area (Å²) in [5, 5.41) is 0. The fourth-order valence-electron chi connectivity index (χ4n) is 3.95. The van der Waals surface area contributed by atoms with Crippen LogP contribution in [0.15, 0.2) is 53.4 Å². The number of hydrogen-bond donors (Lipinski definition) is 0. The Kier molecular flexibility index (Phi) is 7.78. The fraction of sp³-hybridized carbons (Fsp3) is 0.500. The van der Waals surface area contributed by atoms with E-state index >= 15 is 0 Å². The maximum atomic E-state index is 13.0. The van der Waals surface area contributed by atoms with Gasteiger partial charge in [0.2, 0.25) is 6.35 Å². The number of para-hydroxylation sites is 2. The molecule has 0 aromatic heterocycles. The second-order valence-corrected chi connectivity index (χ2v) is 9.50. The van der Waals surface area contributed by atoms with Crippen LogP contribution in [0.2, 0.25) is 0 Å². The first-order valence-corrected chi connectivity index (χ1v) is 12.5. The molecule has 0 N–H and O–H groups in total. The van der Waals surface area contributed by atoms with E-state index in [1.165, 1.54) is 25.7 Å². The maximum absolute atomic E-state index is 13.0. The minimum absolute atomic E-state index is 0.194. The third-order valence-electron chi connectivity index (χ3n) is 5.65. The third kappa shape index (κ3) is 5.16.